The second-order valence-electron chi connectivity index (χ2n) is 11.7. The van der Waals surface area contributed by atoms with Gasteiger partial charge in [-0.3, -0.25) is 0 Å². The van der Waals surface area contributed by atoms with Crippen LogP contribution < -0.4 is 0 Å². The normalized spacial score (nSPS) is 19.6. The van der Waals surface area contributed by atoms with Gasteiger partial charge in [-0.25, -0.2) is 4.98 Å². The molecule has 3 aliphatic rings. The number of rotatable bonds is 7. The lowest BCUT2D eigenvalue weighted by Crippen LogP contribution is -2.23. The molecule has 2 heteroatoms. The molecular formula is C42H38N2. The number of aryl methyl sites for hydroxylation is 1. The number of aromatic nitrogens is 2. The topological polar surface area (TPSA) is 17.8 Å². The predicted octanol–water partition coefficient (Wildman–Crippen LogP) is 10.7. The molecule has 0 saturated carbocycles. The third-order valence-electron chi connectivity index (χ3n) is 9.25. The van der Waals surface area contributed by atoms with Gasteiger partial charge >= 0.3 is 0 Å². The smallest absolute Gasteiger partial charge is 0.113 e. The van der Waals surface area contributed by atoms with E-state index >= 15 is 0 Å². The molecule has 0 aliphatic heterocycles. The third-order valence-corrected chi connectivity index (χ3v) is 9.25. The summed E-state index contributed by atoms with van der Waals surface area (Å²) in [5.74, 6) is 1.54. The molecular weight excluding hydrogens is 532 g/mol. The summed E-state index contributed by atoms with van der Waals surface area (Å²) in [7, 11) is 0. The molecule has 2 nitrogen and oxygen atoms in total. The van der Waals surface area contributed by atoms with Crippen molar-refractivity contribution < 1.29 is 0 Å². The summed E-state index contributed by atoms with van der Waals surface area (Å²) in [6, 6.07) is 28.0. The van der Waals surface area contributed by atoms with E-state index in [1.165, 1.54) is 50.2 Å². The van der Waals surface area contributed by atoms with Crippen molar-refractivity contribution in [1.82, 2.24) is 9.55 Å². The molecule has 0 fully saturated rings. The molecule has 1 unspecified atom stereocenters. The summed E-state index contributed by atoms with van der Waals surface area (Å²) < 4.78 is 2.38. The Morgan fingerprint density at radius 1 is 0.909 bits per heavy atom. The van der Waals surface area contributed by atoms with E-state index in [1.54, 1.807) is 0 Å². The van der Waals surface area contributed by atoms with Crippen LogP contribution in [0.15, 0.2) is 157 Å². The van der Waals surface area contributed by atoms with Crippen LogP contribution in [0.25, 0.3) is 27.9 Å². The zero-order valence-corrected chi connectivity index (χ0v) is 25.6. The van der Waals surface area contributed by atoms with Crippen LogP contribution >= 0.6 is 0 Å². The van der Waals surface area contributed by atoms with Crippen molar-refractivity contribution in [2.45, 2.75) is 39.0 Å². The number of hydrogen-bond donors (Lipinski definition) is 0. The zero-order valence-electron chi connectivity index (χ0n) is 25.6. The van der Waals surface area contributed by atoms with Gasteiger partial charge < -0.3 is 4.57 Å². The summed E-state index contributed by atoms with van der Waals surface area (Å²) in [6.45, 7) is 8.95. The van der Waals surface area contributed by atoms with Crippen LogP contribution in [0.5, 0.6) is 0 Å². The molecule has 0 radical (unpaired) electrons. The Balaban J connectivity index is 1.28. The Kier molecular flexibility index (Phi) is 7.58. The lowest BCUT2D eigenvalue weighted by molar-refractivity contribution is 0.648. The van der Waals surface area contributed by atoms with Crippen LogP contribution in [-0.2, 0) is 6.42 Å². The van der Waals surface area contributed by atoms with Crippen LogP contribution in [-0.4, -0.2) is 9.55 Å². The van der Waals surface area contributed by atoms with Gasteiger partial charge in [0.25, 0.3) is 0 Å². The Labute approximate surface area is 261 Å². The number of allylic oxidation sites excluding steroid dienone is 15. The Bertz CT molecular complexity index is 1970. The number of imidazole rings is 1. The summed E-state index contributed by atoms with van der Waals surface area (Å²) in [5, 5.41) is 0. The second-order valence-corrected chi connectivity index (χ2v) is 11.7. The van der Waals surface area contributed by atoms with Crippen LogP contribution in [0, 0.1) is 5.92 Å². The minimum atomic E-state index is 0.177. The highest BCUT2D eigenvalue weighted by Crippen LogP contribution is 2.51. The molecule has 7 rings (SSSR count). The SMILES string of the molecule is C=C(/C=C\C(=C/C)c1ccccc1)C1c2ccccc2C(C2=CC=C(n3c(CC)nc4ccccc43)CC2)=C2C=CC=C[C@H]21. The molecule has 0 amide bonds. The number of fused-ring (bicyclic) bond motifs is 3. The molecule has 4 aromatic rings. The maximum atomic E-state index is 4.93. The number of para-hydroxylation sites is 2. The first-order chi connectivity index (χ1) is 21.7. The maximum absolute atomic E-state index is 4.93. The number of hydrogen-bond acceptors (Lipinski definition) is 1. The monoisotopic (exact) mass is 570 g/mol. The lowest BCUT2D eigenvalue weighted by Gasteiger charge is -2.38. The first kappa shape index (κ1) is 27.9. The number of benzene rings is 3. The molecule has 216 valence electrons. The van der Waals surface area contributed by atoms with Crippen molar-refractivity contribution in [1.29, 1.82) is 0 Å². The van der Waals surface area contributed by atoms with E-state index < -0.39 is 0 Å². The minimum Gasteiger partial charge on any atom is -0.300 e. The van der Waals surface area contributed by atoms with E-state index in [-0.39, 0.29) is 11.8 Å². The quantitative estimate of drug-likeness (QED) is 0.202. The van der Waals surface area contributed by atoms with Gasteiger partial charge in [0.2, 0.25) is 0 Å². The van der Waals surface area contributed by atoms with Crippen LogP contribution in [0.3, 0.4) is 0 Å². The van der Waals surface area contributed by atoms with Crippen LogP contribution in [0.4, 0.5) is 0 Å². The van der Waals surface area contributed by atoms with Crippen LogP contribution in [0.1, 0.15) is 55.1 Å². The summed E-state index contributed by atoms with van der Waals surface area (Å²) in [5.41, 5.74) is 14.0. The van der Waals surface area contributed by atoms with E-state index in [2.05, 4.69) is 159 Å². The van der Waals surface area contributed by atoms with Gasteiger partial charge in [-0.2, -0.15) is 0 Å². The first-order valence-corrected chi connectivity index (χ1v) is 15.8. The minimum absolute atomic E-state index is 0.177. The zero-order chi connectivity index (χ0) is 30.0. The van der Waals surface area contributed by atoms with Gasteiger partial charge in [0.1, 0.15) is 5.82 Å². The molecule has 0 bridgehead atoms. The lowest BCUT2D eigenvalue weighted by atomic mass is 9.66. The highest BCUT2D eigenvalue weighted by Gasteiger charge is 2.36. The van der Waals surface area contributed by atoms with Crippen LogP contribution in [0.2, 0.25) is 0 Å². The Morgan fingerprint density at radius 2 is 1.70 bits per heavy atom. The van der Waals surface area contributed by atoms with E-state index in [9.17, 15) is 0 Å². The van der Waals surface area contributed by atoms with Gasteiger partial charge in [0.15, 0.2) is 0 Å². The highest BCUT2D eigenvalue weighted by molar-refractivity contribution is 5.90. The standard InChI is InChI=1S/C42H38N2/c1-4-30(31-15-7-6-8-16-31)24-23-29(3)41-34-17-9-11-19-36(34)42(37-20-12-10-18-35(37)41)32-25-27-33(28-26-32)44-39-22-14-13-21-38(39)43-40(44)5-2/h4,6-25,27,34,41H,3,5,26,28H2,1-2H3/b24-23-,30-4+/t34-,41?/m1/s1. The molecule has 3 aromatic carbocycles. The van der Waals surface area contributed by atoms with Gasteiger partial charge in [-0.05, 0) is 82.5 Å². The fourth-order valence-corrected chi connectivity index (χ4v) is 7.18. The number of nitrogens with zero attached hydrogens (tertiary/aromatic N) is 2. The summed E-state index contributed by atoms with van der Waals surface area (Å²) in [4.78, 5) is 4.93. The van der Waals surface area contributed by atoms with Crippen molar-refractivity contribution in [2.75, 3.05) is 0 Å². The molecule has 3 aliphatic carbocycles. The van der Waals surface area contributed by atoms with E-state index in [0.717, 1.165) is 36.2 Å². The molecule has 1 heterocycles. The van der Waals surface area contributed by atoms with Crippen molar-refractivity contribution >= 4 is 27.9 Å². The van der Waals surface area contributed by atoms with Gasteiger partial charge in [0, 0.05) is 24.0 Å². The summed E-state index contributed by atoms with van der Waals surface area (Å²) >= 11 is 0. The first-order valence-electron chi connectivity index (χ1n) is 15.8. The largest absolute Gasteiger partial charge is 0.300 e. The highest BCUT2D eigenvalue weighted by atomic mass is 15.1. The van der Waals surface area contributed by atoms with Gasteiger partial charge in [0.05, 0.1) is 11.0 Å². The molecule has 1 aromatic heterocycles. The fraction of sp³-hybridized carbons (Fsp3) is 0.167. The van der Waals surface area contributed by atoms with Crippen molar-refractivity contribution in [3.63, 3.8) is 0 Å². The van der Waals surface area contributed by atoms with E-state index in [0.29, 0.717) is 0 Å². The molecule has 0 saturated heterocycles. The predicted molar refractivity (Wildman–Crippen MR) is 187 cm³/mol. The fourth-order valence-electron chi connectivity index (χ4n) is 7.18. The molecule has 0 N–H and O–H groups in total. The molecule has 44 heavy (non-hydrogen) atoms. The third kappa shape index (κ3) is 4.91. The maximum Gasteiger partial charge on any atom is 0.113 e. The van der Waals surface area contributed by atoms with E-state index in [4.69, 9.17) is 4.98 Å². The Morgan fingerprint density at radius 3 is 2.50 bits per heavy atom. The van der Waals surface area contributed by atoms with E-state index in [1.807, 2.05) is 0 Å². The summed E-state index contributed by atoms with van der Waals surface area (Å²) in [6.07, 6.45) is 23.3. The second kappa shape index (κ2) is 12.0. The van der Waals surface area contributed by atoms with Crippen molar-refractivity contribution in [3.8, 4) is 0 Å². The van der Waals surface area contributed by atoms with Crippen molar-refractivity contribution in [2.24, 2.45) is 5.92 Å². The molecule has 0 spiro atoms. The van der Waals surface area contributed by atoms with Gasteiger partial charge in [-0.15, -0.1) is 0 Å². The average molecular weight is 571 g/mol. The Hall–Kier alpha value is -4.95. The van der Waals surface area contributed by atoms with Crippen molar-refractivity contribution in [3.05, 3.63) is 179 Å². The molecule has 2 atom stereocenters. The van der Waals surface area contributed by atoms with Gasteiger partial charge in [-0.1, -0.05) is 129 Å². The average Bonchev–Trinajstić information content (AvgIpc) is 3.47.